The standard InChI is InChI=1S/C35H27N9O9/c1-44(2)9-8-26-27-35-42-24(16-52-35)33-39-21(13-50-33)30-37-19(12-47-30)28(45)36-20(11-46-10-18-6-4-3-5-7-18)29-38-22(14-48-29)31-40-23(15-49-31)32-41-25(17-51-32)34(43-27)53-26/h3-7,12-17,20H,8-11H2,1-2H3,(H,36,45). The van der Waals surface area contributed by atoms with E-state index >= 15 is 0 Å². The third-order valence-corrected chi connectivity index (χ3v) is 8.06. The average Bonchev–Trinajstić information content (AvgIpc) is 4.00. The van der Waals surface area contributed by atoms with Crippen LogP contribution in [-0.4, -0.2) is 72.9 Å². The lowest BCUT2D eigenvalue weighted by molar-refractivity contribution is 0.0751. The Morgan fingerprint density at radius 1 is 0.642 bits per heavy atom. The molecule has 1 aliphatic heterocycles. The van der Waals surface area contributed by atoms with Crippen molar-refractivity contribution in [1.29, 1.82) is 0 Å². The van der Waals surface area contributed by atoms with Gasteiger partial charge in [0.05, 0.1) is 13.2 Å². The van der Waals surface area contributed by atoms with E-state index in [4.69, 9.17) is 35.7 Å². The summed E-state index contributed by atoms with van der Waals surface area (Å²) in [5.74, 6) is 0.858. The van der Waals surface area contributed by atoms with E-state index in [9.17, 15) is 4.79 Å². The van der Waals surface area contributed by atoms with Gasteiger partial charge in [0.25, 0.3) is 5.91 Å². The van der Waals surface area contributed by atoms with Crippen molar-refractivity contribution in [3.05, 3.63) is 90.8 Å². The predicted octanol–water partition coefficient (Wildman–Crippen LogP) is 5.71. The Hall–Kier alpha value is -6.92. The van der Waals surface area contributed by atoms with E-state index in [2.05, 4.69) is 40.2 Å². The summed E-state index contributed by atoms with van der Waals surface area (Å²) in [5, 5.41) is 2.86. The fourth-order valence-corrected chi connectivity index (χ4v) is 5.39. The molecule has 18 heteroatoms. The van der Waals surface area contributed by atoms with Gasteiger partial charge < -0.3 is 45.9 Å². The number of nitrogens with zero attached hydrogens (tertiary/aromatic N) is 8. The predicted molar refractivity (Wildman–Crippen MR) is 178 cm³/mol. The molecule has 0 saturated carbocycles. The van der Waals surface area contributed by atoms with Gasteiger partial charge in [-0.3, -0.25) is 4.79 Å². The zero-order valence-electron chi connectivity index (χ0n) is 28.0. The second-order valence-corrected chi connectivity index (χ2v) is 12.1. The second-order valence-electron chi connectivity index (χ2n) is 12.1. The lowest BCUT2D eigenvalue weighted by atomic mass is 10.2. The van der Waals surface area contributed by atoms with Gasteiger partial charge in [0.2, 0.25) is 41.2 Å². The van der Waals surface area contributed by atoms with Crippen molar-refractivity contribution in [1.82, 2.24) is 45.1 Å². The summed E-state index contributed by atoms with van der Waals surface area (Å²) >= 11 is 0. The number of amides is 1. The van der Waals surface area contributed by atoms with Crippen LogP contribution < -0.4 is 5.32 Å². The normalized spacial score (nSPS) is 14.0. The average molecular weight is 718 g/mol. The maximum atomic E-state index is 13.5. The molecule has 18 nitrogen and oxygen atoms in total. The number of carbonyl (C=O) groups is 1. The second kappa shape index (κ2) is 13.3. The molecule has 1 atom stereocenters. The number of carbonyl (C=O) groups excluding carboxylic acids is 1. The first kappa shape index (κ1) is 32.0. The molecule has 1 unspecified atom stereocenters. The Bertz CT molecular complexity index is 2520. The Balaban J connectivity index is 1.09. The number of hydrogen-bond donors (Lipinski definition) is 1. The molecule has 1 N–H and O–H groups in total. The van der Waals surface area contributed by atoms with Gasteiger partial charge in [-0.05, 0) is 19.7 Å². The van der Waals surface area contributed by atoms with Crippen molar-refractivity contribution in [2.45, 2.75) is 19.1 Å². The van der Waals surface area contributed by atoms with Crippen molar-refractivity contribution in [2.75, 3.05) is 27.2 Å². The number of aromatic nitrogens is 7. The molecule has 9 rings (SSSR count). The largest absolute Gasteiger partial charge is 0.446 e. The molecular formula is C35H27N9O9. The Morgan fingerprint density at radius 3 is 1.81 bits per heavy atom. The zero-order valence-corrected chi connectivity index (χ0v) is 28.0. The molecular weight excluding hydrogens is 690 g/mol. The smallest absolute Gasteiger partial charge is 0.273 e. The van der Waals surface area contributed by atoms with Crippen LogP contribution in [0.4, 0.5) is 0 Å². The van der Waals surface area contributed by atoms with E-state index in [1.807, 2.05) is 49.3 Å². The van der Waals surface area contributed by atoms with Gasteiger partial charge in [-0.2, -0.15) is 0 Å². The number of ether oxygens (including phenoxy) is 1. The van der Waals surface area contributed by atoms with Crippen LogP contribution in [0.3, 0.4) is 0 Å². The molecule has 1 aromatic carbocycles. The first-order valence-corrected chi connectivity index (χ1v) is 16.3. The van der Waals surface area contributed by atoms with Gasteiger partial charge in [-0.25, -0.2) is 34.9 Å². The highest BCUT2D eigenvalue weighted by Gasteiger charge is 2.28. The van der Waals surface area contributed by atoms with Gasteiger partial charge in [-0.1, -0.05) is 30.3 Å². The van der Waals surface area contributed by atoms with E-state index in [0.717, 1.165) is 5.56 Å². The molecule has 1 aliphatic rings. The topological polar surface area (TPSA) is 224 Å². The minimum atomic E-state index is -0.845. The minimum Gasteiger partial charge on any atom is -0.446 e. The van der Waals surface area contributed by atoms with Gasteiger partial charge in [0.1, 0.15) is 49.4 Å². The van der Waals surface area contributed by atoms with E-state index < -0.39 is 11.9 Å². The van der Waals surface area contributed by atoms with E-state index in [0.29, 0.717) is 30.1 Å². The van der Waals surface area contributed by atoms with Crippen molar-refractivity contribution in [3.8, 4) is 69.5 Å². The monoisotopic (exact) mass is 717 g/mol. The van der Waals surface area contributed by atoms with Crippen LogP contribution in [0.25, 0.3) is 69.5 Å². The van der Waals surface area contributed by atoms with Crippen LogP contribution in [0.2, 0.25) is 0 Å². The number of likely N-dealkylation sites (N-methyl/N-ethyl adjacent to an activating group) is 1. The molecule has 8 aromatic rings. The summed E-state index contributed by atoms with van der Waals surface area (Å²) in [6.07, 6.45) is 8.55. The van der Waals surface area contributed by atoms with Crippen molar-refractivity contribution in [3.63, 3.8) is 0 Å². The van der Waals surface area contributed by atoms with E-state index in [-0.39, 0.29) is 82.9 Å². The molecule has 7 aromatic heterocycles. The summed E-state index contributed by atoms with van der Waals surface area (Å²) in [4.78, 5) is 47.1. The van der Waals surface area contributed by atoms with Crippen LogP contribution in [0.15, 0.2) is 98.8 Å². The number of fused-ring (bicyclic) bond motifs is 20. The molecule has 53 heavy (non-hydrogen) atoms. The van der Waals surface area contributed by atoms with Crippen molar-refractivity contribution in [2.24, 2.45) is 0 Å². The maximum absolute atomic E-state index is 13.5. The van der Waals surface area contributed by atoms with Crippen molar-refractivity contribution < 1.29 is 40.5 Å². The third-order valence-electron chi connectivity index (χ3n) is 8.06. The quantitative estimate of drug-likeness (QED) is 0.208. The van der Waals surface area contributed by atoms with Crippen LogP contribution in [0.1, 0.15) is 33.7 Å². The van der Waals surface area contributed by atoms with Crippen molar-refractivity contribution >= 4 is 5.91 Å². The van der Waals surface area contributed by atoms with Crippen LogP contribution >= 0.6 is 0 Å². The van der Waals surface area contributed by atoms with Crippen LogP contribution in [0.5, 0.6) is 0 Å². The number of rotatable bonds is 7. The summed E-state index contributed by atoms with van der Waals surface area (Å²) in [6, 6.07) is 8.75. The number of oxazole rings is 7. The van der Waals surface area contributed by atoms with Crippen LogP contribution in [0, 0.1) is 0 Å². The van der Waals surface area contributed by atoms with Gasteiger partial charge >= 0.3 is 0 Å². The molecule has 14 bridgehead atoms. The lowest BCUT2D eigenvalue weighted by Gasteiger charge is -2.15. The van der Waals surface area contributed by atoms with E-state index in [1.54, 1.807) is 0 Å². The lowest BCUT2D eigenvalue weighted by Crippen LogP contribution is -2.32. The molecule has 0 saturated heterocycles. The first-order valence-electron chi connectivity index (χ1n) is 16.3. The fraction of sp³-hybridized carbons (Fsp3) is 0.200. The number of benzene rings is 1. The van der Waals surface area contributed by atoms with Crippen LogP contribution in [-0.2, 0) is 17.8 Å². The van der Waals surface area contributed by atoms with Gasteiger partial charge in [0, 0.05) is 13.0 Å². The summed E-state index contributed by atoms with van der Waals surface area (Å²) in [6.45, 7) is 0.947. The van der Waals surface area contributed by atoms with Gasteiger partial charge in [-0.15, -0.1) is 0 Å². The molecule has 0 fully saturated rings. The summed E-state index contributed by atoms with van der Waals surface area (Å²) in [5.41, 5.74) is 2.64. The molecule has 0 spiro atoms. The molecule has 0 radical (unpaired) electrons. The molecule has 266 valence electrons. The number of hydrogen-bond acceptors (Lipinski definition) is 17. The molecule has 0 aliphatic carbocycles. The fourth-order valence-electron chi connectivity index (χ4n) is 5.39. The van der Waals surface area contributed by atoms with Gasteiger partial charge in [0.15, 0.2) is 39.9 Å². The Kier molecular flexibility index (Phi) is 8.05. The Labute approximate surface area is 297 Å². The summed E-state index contributed by atoms with van der Waals surface area (Å²) in [7, 11) is 3.90. The summed E-state index contributed by atoms with van der Waals surface area (Å²) < 4.78 is 46.5. The molecule has 1 amide bonds. The first-order chi connectivity index (χ1) is 25.9. The number of nitrogens with one attached hydrogen (secondary N) is 1. The zero-order chi connectivity index (χ0) is 35.9. The highest BCUT2D eigenvalue weighted by atomic mass is 16.5. The highest BCUT2D eigenvalue weighted by Crippen LogP contribution is 2.33. The molecule has 8 heterocycles. The maximum Gasteiger partial charge on any atom is 0.273 e. The van der Waals surface area contributed by atoms with E-state index in [1.165, 1.54) is 37.6 Å². The third kappa shape index (κ3) is 6.43. The Morgan fingerprint density at radius 2 is 1.17 bits per heavy atom. The highest BCUT2D eigenvalue weighted by molar-refractivity contribution is 5.92. The SMILES string of the molecule is CN(C)CCc1oc2nc1-c1nc(co1)-c1nc(co1)-c1nc(co1)C(=O)NC(COCc1ccccc1)c1nc(co1)-c1nc(co1)-c1nc-2co1. The minimum absolute atomic E-state index is 0.00689.